The normalized spacial score (nSPS) is 22.1. The van der Waals surface area contributed by atoms with Crippen molar-refractivity contribution in [2.45, 2.75) is 37.9 Å². The number of morpholine rings is 1. The molecule has 0 radical (unpaired) electrons. The maximum Gasteiger partial charge on any atom is 0.282 e. The molecule has 1 saturated heterocycles. The molecular formula is C23H25N3O5S. The number of benzene rings is 2. The average molecular weight is 456 g/mol. The van der Waals surface area contributed by atoms with Crippen LogP contribution in [0.1, 0.15) is 25.0 Å². The number of nitrogens with zero attached hydrogens (tertiary/aromatic N) is 2. The molecule has 0 bridgehead atoms. The molecular weight excluding hydrogens is 430 g/mol. The summed E-state index contributed by atoms with van der Waals surface area (Å²) in [5.41, 5.74) is 2.63. The molecule has 0 spiro atoms. The lowest BCUT2D eigenvalue weighted by molar-refractivity contribution is -0.121. The van der Waals surface area contributed by atoms with Gasteiger partial charge in [-0.3, -0.25) is 9.59 Å². The molecule has 4 rings (SSSR count). The van der Waals surface area contributed by atoms with Crippen LogP contribution in [-0.2, 0) is 24.3 Å². The maximum absolute atomic E-state index is 13.6. The first kappa shape index (κ1) is 22.2. The molecule has 2 aromatic rings. The van der Waals surface area contributed by atoms with Crippen LogP contribution in [0.2, 0.25) is 0 Å². The van der Waals surface area contributed by atoms with Crippen molar-refractivity contribution in [1.82, 2.24) is 4.90 Å². The molecule has 2 atom stereocenters. The first-order valence-electron chi connectivity index (χ1n) is 10.3. The summed E-state index contributed by atoms with van der Waals surface area (Å²) in [5.74, 6) is -0.903. The maximum atomic E-state index is 13.6. The Morgan fingerprint density at radius 2 is 1.47 bits per heavy atom. The number of sulfonamides is 1. The predicted octanol–water partition coefficient (Wildman–Crippen LogP) is 2.04. The molecule has 32 heavy (non-hydrogen) atoms. The number of carbonyl (C=O) groups is 2. The monoisotopic (exact) mass is 455 g/mol. The van der Waals surface area contributed by atoms with Gasteiger partial charge in [0.1, 0.15) is 5.70 Å². The van der Waals surface area contributed by atoms with Gasteiger partial charge in [-0.15, -0.1) is 0 Å². The highest BCUT2D eigenvalue weighted by atomic mass is 32.2. The number of primary sulfonamides is 1. The second-order valence-electron chi connectivity index (χ2n) is 8.24. The topological polar surface area (TPSA) is 110 Å². The van der Waals surface area contributed by atoms with E-state index < -0.39 is 21.8 Å². The van der Waals surface area contributed by atoms with Gasteiger partial charge in [0.25, 0.3) is 11.8 Å². The van der Waals surface area contributed by atoms with Crippen molar-refractivity contribution in [1.29, 1.82) is 0 Å². The molecule has 1 fully saturated rings. The highest BCUT2D eigenvalue weighted by Gasteiger charge is 2.43. The molecule has 0 aromatic heterocycles. The van der Waals surface area contributed by atoms with Gasteiger partial charge in [-0.1, -0.05) is 29.8 Å². The van der Waals surface area contributed by atoms with Gasteiger partial charge in [-0.05, 0) is 50.6 Å². The first-order chi connectivity index (χ1) is 15.1. The fourth-order valence-electron chi connectivity index (χ4n) is 4.17. The largest absolute Gasteiger partial charge is 0.372 e. The molecule has 9 heteroatoms. The Kier molecular flexibility index (Phi) is 5.66. The fourth-order valence-corrected chi connectivity index (χ4v) is 4.69. The molecule has 0 aliphatic carbocycles. The predicted molar refractivity (Wildman–Crippen MR) is 120 cm³/mol. The van der Waals surface area contributed by atoms with Crippen molar-refractivity contribution in [3.63, 3.8) is 0 Å². The van der Waals surface area contributed by atoms with E-state index >= 15 is 0 Å². The lowest BCUT2D eigenvalue weighted by Gasteiger charge is -2.37. The van der Waals surface area contributed by atoms with Crippen LogP contribution < -0.4 is 10.0 Å². The van der Waals surface area contributed by atoms with Crippen molar-refractivity contribution in [3.05, 3.63) is 65.4 Å². The van der Waals surface area contributed by atoms with Gasteiger partial charge >= 0.3 is 0 Å². The second-order valence-corrected chi connectivity index (χ2v) is 9.80. The summed E-state index contributed by atoms with van der Waals surface area (Å²) in [4.78, 5) is 30.0. The number of aryl methyl sites for hydroxylation is 1. The van der Waals surface area contributed by atoms with E-state index in [0.29, 0.717) is 29.9 Å². The molecule has 2 amide bonds. The third-order valence-corrected chi connectivity index (χ3v) is 6.49. The summed E-state index contributed by atoms with van der Waals surface area (Å²) in [7, 11) is -3.89. The van der Waals surface area contributed by atoms with E-state index in [0.717, 1.165) is 10.5 Å². The zero-order valence-corrected chi connectivity index (χ0v) is 18.9. The van der Waals surface area contributed by atoms with Gasteiger partial charge in [0.05, 0.1) is 28.4 Å². The number of nitrogens with two attached hydrogens (primary N) is 1. The number of anilines is 1. The molecule has 2 aliphatic heterocycles. The van der Waals surface area contributed by atoms with E-state index in [1.165, 1.54) is 24.3 Å². The van der Waals surface area contributed by atoms with Crippen molar-refractivity contribution in [3.8, 4) is 0 Å². The third-order valence-electron chi connectivity index (χ3n) is 5.56. The summed E-state index contributed by atoms with van der Waals surface area (Å²) >= 11 is 0. The summed E-state index contributed by atoms with van der Waals surface area (Å²) < 4.78 is 29.0. The summed E-state index contributed by atoms with van der Waals surface area (Å²) in [5, 5.41) is 5.17. The number of ether oxygens (including phenoxy) is 1. The van der Waals surface area contributed by atoms with Crippen LogP contribution in [-0.4, -0.2) is 50.4 Å². The molecule has 2 aromatic carbocycles. The first-order valence-corrected chi connectivity index (χ1v) is 11.8. The minimum atomic E-state index is -3.89. The van der Waals surface area contributed by atoms with Crippen LogP contribution in [0.4, 0.5) is 5.69 Å². The highest BCUT2D eigenvalue weighted by molar-refractivity contribution is 7.89. The Balaban J connectivity index is 1.80. The molecule has 168 valence electrons. The lowest BCUT2D eigenvalue weighted by atomic mass is 10.0. The third kappa shape index (κ3) is 4.06. The molecule has 2 N–H and O–H groups in total. The Hall–Kier alpha value is -3.01. The zero-order chi connectivity index (χ0) is 23.2. The number of hydrogen-bond acceptors (Lipinski definition) is 6. The van der Waals surface area contributed by atoms with E-state index in [1.807, 2.05) is 49.9 Å². The Morgan fingerprint density at radius 3 is 2.00 bits per heavy atom. The van der Waals surface area contributed by atoms with E-state index in [1.54, 1.807) is 0 Å². The molecule has 2 aliphatic rings. The van der Waals surface area contributed by atoms with Crippen LogP contribution in [0, 0.1) is 6.92 Å². The fraction of sp³-hybridized carbons (Fsp3) is 0.304. The van der Waals surface area contributed by atoms with Crippen molar-refractivity contribution < 1.29 is 22.7 Å². The van der Waals surface area contributed by atoms with E-state index in [2.05, 4.69) is 0 Å². The van der Waals surface area contributed by atoms with Gasteiger partial charge < -0.3 is 9.64 Å². The molecule has 2 unspecified atom stereocenters. The van der Waals surface area contributed by atoms with Gasteiger partial charge in [0.2, 0.25) is 10.0 Å². The van der Waals surface area contributed by atoms with Crippen LogP contribution in [0.5, 0.6) is 0 Å². The lowest BCUT2D eigenvalue weighted by Crippen LogP contribution is -2.47. The van der Waals surface area contributed by atoms with Crippen molar-refractivity contribution in [2.75, 3.05) is 18.0 Å². The van der Waals surface area contributed by atoms with Crippen molar-refractivity contribution >= 4 is 33.1 Å². The van der Waals surface area contributed by atoms with Gasteiger partial charge in [-0.25, -0.2) is 18.5 Å². The molecule has 2 heterocycles. The van der Waals surface area contributed by atoms with Gasteiger partial charge in [0.15, 0.2) is 0 Å². The minimum absolute atomic E-state index is 0.0943. The number of rotatable bonds is 4. The quantitative estimate of drug-likeness (QED) is 0.707. The smallest absolute Gasteiger partial charge is 0.282 e. The number of hydrogen-bond donors (Lipinski definition) is 1. The standard InChI is InChI=1S/C23H25N3O5S/c1-14-4-6-17(7-5-14)20-21(25-12-15(2)31-16(3)13-25)23(28)26(22(20)27)18-8-10-19(11-9-18)32(24,29)30/h4-11,15-16H,12-13H2,1-3H3,(H2,24,29,30). The molecule has 8 nitrogen and oxygen atoms in total. The Bertz CT molecular complexity index is 1190. The van der Waals surface area contributed by atoms with E-state index in [4.69, 9.17) is 9.88 Å². The highest BCUT2D eigenvalue weighted by Crippen LogP contribution is 2.36. The van der Waals surface area contributed by atoms with Crippen molar-refractivity contribution in [2.24, 2.45) is 5.14 Å². The average Bonchev–Trinajstić information content (AvgIpc) is 2.97. The van der Waals surface area contributed by atoms with Crippen LogP contribution in [0.3, 0.4) is 0 Å². The van der Waals surface area contributed by atoms with E-state index in [9.17, 15) is 18.0 Å². The second kappa shape index (κ2) is 8.16. The minimum Gasteiger partial charge on any atom is -0.372 e. The van der Waals surface area contributed by atoms with Gasteiger partial charge in [0, 0.05) is 13.1 Å². The molecule has 0 saturated carbocycles. The number of amides is 2. The Labute approximate surface area is 187 Å². The SMILES string of the molecule is Cc1ccc(C2=C(N3CC(C)OC(C)C3)C(=O)N(c3ccc(S(N)(=O)=O)cc3)C2=O)cc1. The summed E-state index contributed by atoms with van der Waals surface area (Å²) in [6.45, 7) is 6.77. The Morgan fingerprint density at radius 1 is 0.906 bits per heavy atom. The summed E-state index contributed by atoms with van der Waals surface area (Å²) in [6, 6.07) is 12.8. The number of imide groups is 1. The zero-order valence-electron chi connectivity index (χ0n) is 18.1. The van der Waals surface area contributed by atoms with Gasteiger partial charge in [-0.2, -0.15) is 0 Å². The van der Waals surface area contributed by atoms with E-state index in [-0.39, 0.29) is 22.8 Å². The van der Waals surface area contributed by atoms with Crippen LogP contribution >= 0.6 is 0 Å². The summed E-state index contributed by atoms with van der Waals surface area (Å²) in [6.07, 6.45) is -0.201. The van der Waals surface area contributed by atoms with Crippen LogP contribution in [0.15, 0.2) is 59.1 Å². The van der Waals surface area contributed by atoms with Crippen LogP contribution in [0.25, 0.3) is 5.57 Å². The number of carbonyl (C=O) groups excluding carboxylic acids is 2.